The van der Waals surface area contributed by atoms with E-state index in [0.717, 1.165) is 5.56 Å². The molecule has 0 aliphatic carbocycles. The highest BCUT2D eigenvalue weighted by atomic mass is 32.3. The maximum atomic E-state index is 14.0. The lowest BCUT2D eigenvalue weighted by atomic mass is 10.2. The zero-order valence-corrected chi connectivity index (χ0v) is 18.4. The second-order valence-electron chi connectivity index (χ2n) is 7.10. The molecule has 0 spiro atoms. The van der Waals surface area contributed by atoms with Crippen molar-refractivity contribution < 1.29 is 12.6 Å². The fourth-order valence-electron chi connectivity index (χ4n) is 2.71. The molecule has 0 aliphatic heterocycles. The molecule has 0 radical (unpaired) electrons. The average molecular weight is 408 g/mol. The van der Waals surface area contributed by atoms with Crippen molar-refractivity contribution in [2.24, 2.45) is 3.77 Å². The Labute approximate surface area is 158 Å². The van der Waals surface area contributed by atoms with Gasteiger partial charge in [-0.25, -0.2) is 4.21 Å². The van der Waals surface area contributed by atoms with E-state index in [-0.39, 0.29) is 4.90 Å². The Balaban J connectivity index is 2.83. The van der Waals surface area contributed by atoms with E-state index in [1.807, 2.05) is 32.6 Å². The quantitative estimate of drug-likeness (QED) is 0.656. The first-order valence-corrected chi connectivity index (χ1v) is 14.8. The molecule has 2 aromatic carbocycles. The Bertz CT molecular complexity index is 1030. The van der Waals surface area contributed by atoms with Crippen molar-refractivity contribution in [2.75, 3.05) is 0 Å². The largest absolute Gasteiger partial charge is 0.290 e. The van der Waals surface area contributed by atoms with Gasteiger partial charge in [0.05, 0.1) is 17.9 Å². The van der Waals surface area contributed by atoms with Gasteiger partial charge in [-0.3, -0.25) is 0 Å². The van der Waals surface area contributed by atoms with Crippen molar-refractivity contribution in [2.45, 2.75) is 43.3 Å². The minimum atomic E-state index is -4.07. The first-order chi connectivity index (χ1) is 12.0. The van der Waals surface area contributed by atoms with Gasteiger partial charge in [0.2, 0.25) is 0 Å². The summed E-state index contributed by atoms with van der Waals surface area (Å²) in [5, 5.41) is 0. The molecular weight excluding hydrogens is 382 g/mol. The van der Waals surface area contributed by atoms with Crippen LogP contribution in [-0.2, 0) is 19.8 Å². The van der Waals surface area contributed by atoms with Gasteiger partial charge in [-0.2, -0.15) is 8.42 Å². The fraction of sp³-hybridized carbons (Fsp3) is 0.263. The second-order valence-corrected chi connectivity index (χ2v) is 16.5. The zero-order valence-electron chi connectivity index (χ0n) is 15.8. The molecule has 1 unspecified atom stereocenters. The molecule has 0 saturated heterocycles. The van der Waals surface area contributed by atoms with Gasteiger partial charge in [-0.05, 0) is 38.1 Å². The normalized spacial score (nSPS) is 15.3. The van der Waals surface area contributed by atoms with Crippen molar-refractivity contribution in [3.63, 3.8) is 0 Å². The number of hydrogen-bond donors (Lipinski definition) is 0. The zero-order chi connectivity index (χ0) is 19.6. The van der Waals surface area contributed by atoms with Crippen LogP contribution in [0.5, 0.6) is 0 Å². The summed E-state index contributed by atoms with van der Waals surface area (Å²) in [6.45, 7) is 9.80. The summed E-state index contributed by atoms with van der Waals surface area (Å²) in [5.41, 5.74) is 0.948. The molecular formula is C19H25NO3S2Si. The monoisotopic (exact) mass is 407 g/mol. The van der Waals surface area contributed by atoms with Gasteiger partial charge < -0.3 is 0 Å². The van der Waals surface area contributed by atoms with Crippen LogP contribution in [0.3, 0.4) is 0 Å². The maximum absolute atomic E-state index is 14.0. The smallest absolute Gasteiger partial charge is 0.239 e. The molecule has 0 bridgehead atoms. The third kappa shape index (κ3) is 4.34. The van der Waals surface area contributed by atoms with Crippen LogP contribution in [0.25, 0.3) is 0 Å². The Morgan fingerprint density at radius 1 is 0.885 bits per heavy atom. The Kier molecular flexibility index (Phi) is 5.94. The molecule has 140 valence electrons. The summed E-state index contributed by atoms with van der Waals surface area (Å²) in [6, 6.07) is 15.1. The molecule has 0 N–H and O–H groups in total. The number of hydrogen-bond acceptors (Lipinski definition) is 3. The van der Waals surface area contributed by atoms with Gasteiger partial charge in [0, 0.05) is 4.53 Å². The summed E-state index contributed by atoms with van der Waals surface area (Å²) >= 11 is 0. The van der Waals surface area contributed by atoms with Gasteiger partial charge in [-0.15, -0.1) is 0 Å². The molecule has 7 heteroatoms. The predicted octanol–water partition coefficient (Wildman–Crippen LogP) is 4.99. The van der Waals surface area contributed by atoms with Crippen LogP contribution in [0.1, 0.15) is 12.5 Å². The van der Waals surface area contributed by atoms with Gasteiger partial charge in [-0.1, -0.05) is 65.4 Å². The third-order valence-corrected chi connectivity index (χ3v) is 12.6. The lowest BCUT2D eigenvalue weighted by Crippen LogP contribution is -2.30. The van der Waals surface area contributed by atoms with Crippen molar-refractivity contribution in [3.8, 4) is 0 Å². The van der Waals surface area contributed by atoms with Crippen molar-refractivity contribution >= 4 is 27.8 Å². The SMILES string of the molecule is C/C=C(\[Si](C)(C)C)S(=O)(=NS(=O)(=O)c1ccc(C)cc1)c1ccccc1. The molecule has 1 atom stereocenters. The van der Waals surface area contributed by atoms with Crippen LogP contribution < -0.4 is 0 Å². The number of benzene rings is 2. The number of nitrogens with zero attached hydrogens (tertiary/aromatic N) is 1. The van der Waals surface area contributed by atoms with Gasteiger partial charge in [0.25, 0.3) is 10.0 Å². The van der Waals surface area contributed by atoms with Gasteiger partial charge >= 0.3 is 0 Å². The average Bonchev–Trinajstić information content (AvgIpc) is 2.55. The Hall–Kier alpha value is -1.70. The van der Waals surface area contributed by atoms with E-state index in [9.17, 15) is 12.6 Å². The van der Waals surface area contributed by atoms with Gasteiger partial charge in [0.15, 0.2) is 0 Å². The summed E-state index contributed by atoms with van der Waals surface area (Å²) < 4.78 is 44.5. The summed E-state index contributed by atoms with van der Waals surface area (Å²) in [4.78, 5) is 0.476. The van der Waals surface area contributed by atoms with E-state index >= 15 is 0 Å². The molecule has 26 heavy (non-hydrogen) atoms. The van der Waals surface area contributed by atoms with Crippen LogP contribution in [-0.4, -0.2) is 20.7 Å². The van der Waals surface area contributed by atoms with Crippen LogP contribution >= 0.6 is 0 Å². The molecule has 0 amide bonds. The fourth-order valence-corrected chi connectivity index (χ4v) is 11.3. The second kappa shape index (κ2) is 7.50. The third-order valence-electron chi connectivity index (χ3n) is 3.88. The topological polar surface area (TPSA) is 63.6 Å². The van der Waals surface area contributed by atoms with E-state index in [4.69, 9.17) is 0 Å². The summed E-state index contributed by atoms with van der Waals surface area (Å²) in [6.07, 6.45) is 1.77. The van der Waals surface area contributed by atoms with Crippen LogP contribution in [0, 0.1) is 6.92 Å². The standard InChI is InChI=1S/C19H25NO3S2Si/c1-6-19(26(3,4)5)24(21,17-10-8-7-9-11-17)20-25(22,23)18-14-12-16(2)13-15-18/h6-15H,1-5H3/b19-6-. The van der Waals surface area contributed by atoms with E-state index in [2.05, 4.69) is 3.77 Å². The molecule has 0 saturated carbocycles. The number of sulfonamides is 1. The van der Waals surface area contributed by atoms with Crippen molar-refractivity contribution in [1.29, 1.82) is 0 Å². The summed E-state index contributed by atoms with van der Waals surface area (Å²) in [7, 11) is -9.43. The maximum Gasteiger partial charge on any atom is 0.290 e. The molecule has 4 nitrogen and oxygen atoms in total. The van der Waals surface area contributed by atoms with Crippen LogP contribution in [0.15, 0.2) is 78.8 Å². The Morgan fingerprint density at radius 3 is 1.88 bits per heavy atom. The highest BCUT2D eigenvalue weighted by Crippen LogP contribution is 2.31. The number of rotatable bonds is 5. The number of aryl methyl sites for hydroxylation is 1. The van der Waals surface area contributed by atoms with Crippen LogP contribution in [0.2, 0.25) is 19.6 Å². The highest BCUT2D eigenvalue weighted by molar-refractivity contribution is 8.07. The van der Waals surface area contributed by atoms with Crippen molar-refractivity contribution in [1.82, 2.24) is 0 Å². The van der Waals surface area contributed by atoms with Crippen molar-refractivity contribution in [3.05, 3.63) is 70.8 Å². The lowest BCUT2D eigenvalue weighted by molar-refractivity contribution is 0.598. The molecule has 0 fully saturated rings. The predicted molar refractivity (Wildman–Crippen MR) is 111 cm³/mol. The molecule has 0 heterocycles. The highest BCUT2D eigenvalue weighted by Gasteiger charge is 2.32. The molecule has 2 rings (SSSR count). The first-order valence-electron chi connectivity index (χ1n) is 8.33. The van der Waals surface area contributed by atoms with E-state index in [1.165, 1.54) is 12.1 Å². The molecule has 0 aromatic heterocycles. The lowest BCUT2D eigenvalue weighted by Gasteiger charge is -2.24. The summed E-state index contributed by atoms with van der Waals surface area (Å²) in [5.74, 6) is 0. The van der Waals surface area contributed by atoms with E-state index in [1.54, 1.807) is 49.4 Å². The number of allylic oxidation sites excluding steroid dienone is 1. The Morgan fingerprint density at radius 2 is 1.42 bits per heavy atom. The molecule has 2 aromatic rings. The van der Waals surface area contributed by atoms with Gasteiger partial charge in [0.1, 0.15) is 9.73 Å². The first kappa shape index (κ1) is 20.6. The van der Waals surface area contributed by atoms with Crippen LogP contribution in [0.4, 0.5) is 0 Å². The minimum absolute atomic E-state index is 0.0535. The minimum Gasteiger partial charge on any atom is -0.239 e. The van der Waals surface area contributed by atoms with E-state index in [0.29, 0.717) is 9.42 Å². The van der Waals surface area contributed by atoms with E-state index < -0.39 is 27.8 Å². The molecule has 0 aliphatic rings.